The van der Waals surface area contributed by atoms with Gasteiger partial charge in [0.15, 0.2) is 5.13 Å². The van der Waals surface area contributed by atoms with Crippen LogP contribution in [0.25, 0.3) is 21.7 Å². The van der Waals surface area contributed by atoms with Gasteiger partial charge in [0, 0.05) is 55.9 Å². The zero-order valence-electron chi connectivity index (χ0n) is 18.8. The Morgan fingerprint density at radius 1 is 1.22 bits per heavy atom. The van der Waals surface area contributed by atoms with E-state index in [9.17, 15) is 4.79 Å². The number of hydrogen-bond donors (Lipinski definition) is 2. The molecule has 0 unspecified atom stereocenters. The second-order valence-corrected chi connectivity index (χ2v) is 9.08. The molecule has 1 aromatic carbocycles. The van der Waals surface area contributed by atoms with Crippen LogP contribution in [0.4, 0.5) is 9.93 Å². The maximum atomic E-state index is 12.9. The number of amides is 2. The maximum absolute atomic E-state index is 12.9. The second-order valence-electron chi connectivity index (χ2n) is 8.08. The molecular weight excluding hydrogens is 420 g/mol. The van der Waals surface area contributed by atoms with E-state index in [0.29, 0.717) is 18.2 Å². The molecule has 3 aromatic rings. The average molecular weight is 449 g/mol. The van der Waals surface area contributed by atoms with Crippen LogP contribution in [-0.4, -0.2) is 59.8 Å². The number of hydrogen-bond acceptors (Lipinski definition) is 6. The minimum absolute atomic E-state index is 0.112. The Kier molecular flexibility index (Phi) is 6.62. The molecule has 3 heterocycles. The molecule has 0 aliphatic carbocycles. The van der Waals surface area contributed by atoms with Gasteiger partial charge in [0.1, 0.15) is 0 Å². The predicted molar refractivity (Wildman–Crippen MR) is 132 cm³/mol. The molecule has 1 aliphatic heterocycles. The summed E-state index contributed by atoms with van der Waals surface area (Å²) in [7, 11) is 1.76. The summed E-state index contributed by atoms with van der Waals surface area (Å²) in [5, 5.41) is 6.98. The number of carbonyl (C=O) groups excluding carboxylic acids is 1. The standard InChI is InChI=1S/C24H28N6OS/c1-15-10-20(11-16(2)27-15)22-21(19-7-5-6-18(12-19)13-25-4)28-23(32-22)29-24(31)30-9-8-26-17(3)14-30/h5-7,10-13,17,26H,8-9,14H2,1-4H3,(H,28,29,31)/b25-13-/t17-/m1/s1. The number of aliphatic imine (C=N–C) groups is 1. The molecular formula is C24H28N6OS. The van der Waals surface area contributed by atoms with E-state index in [4.69, 9.17) is 4.98 Å². The van der Waals surface area contributed by atoms with Gasteiger partial charge >= 0.3 is 6.03 Å². The van der Waals surface area contributed by atoms with Gasteiger partial charge in [-0.15, -0.1) is 0 Å². The number of nitrogens with one attached hydrogen (secondary N) is 2. The van der Waals surface area contributed by atoms with Gasteiger partial charge < -0.3 is 10.2 Å². The summed E-state index contributed by atoms with van der Waals surface area (Å²) in [4.78, 5) is 29.2. The Morgan fingerprint density at radius 2 is 2.00 bits per heavy atom. The summed E-state index contributed by atoms with van der Waals surface area (Å²) >= 11 is 1.49. The predicted octanol–water partition coefficient (Wildman–Crippen LogP) is 4.36. The molecule has 166 valence electrons. The molecule has 2 amide bonds. The van der Waals surface area contributed by atoms with Crippen LogP contribution in [0.3, 0.4) is 0 Å². The number of thiazole rings is 1. The van der Waals surface area contributed by atoms with E-state index < -0.39 is 0 Å². The fraction of sp³-hybridized carbons (Fsp3) is 0.333. The molecule has 2 N–H and O–H groups in total. The normalized spacial score (nSPS) is 16.5. The van der Waals surface area contributed by atoms with E-state index >= 15 is 0 Å². The number of carbonyl (C=O) groups is 1. The third-order valence-corrected chi connectivity index (χ3v) is 6.30. The lowest BCUT2D eigenvalue weighted by Crippen LogP contribution is -2.52. The topological polar surface area (TPSA) is 82.5 Å². The van der Waals surface area contributed by atoms with E-state index in [1.165, 1.54) is 11.3 Å². The third-order valence-electron chi connectivity index (χ3n) is 5.28. The number of pyridine rings is 1. The Hall–Kier alpha value is -3.10. The zero-order chi connectivity index (χ0) is 22.7. The van der Waals surface area contributed by atoms with Crippen LogP contribution < -0.4 is 10.6 Å². The van der Waals surface area contributed by atoms with Crippen molar-refractivity contribution in [2.75, 3.05) is 32.0 Å². The Labute approximate surface area is 192 Å². The summed E-state index contributed by atoms with van der Waals surface area (Å²) in [6.45, 7) is 8.22. The molecule has 2 aromatic heterocycles. The van der Waals surface area contributed by atoms with Gasteiger partial charge in [0.25, 0.3) is 0 Å². The number of aromatic nitrogens is 2. The summed E-state index contributed by atoms with van der Waals surface area (Å²) in [5.41, 5.74) is 5.78. The monoisotopic (exact) mass is 448 g/mol. The number of benzene rings is 1. The fourth-order valence-corrected chi connectivity index (χ4v) is 4.90. The van der Waals surface area contributed by atoms with Crippen molar-refractivity contribution in [3.8, 4) is 21.7 Å². The molecule has 1 aliphatic rings. The van der Waals surface area contributed by atoms with Crippen molar-refractivity contribution < 1.29 is 4.79 Å². The van der Waals surface area contributed by atoms with Crippen LogP contribution in [0.2, 0.25) is 0 Å². The van der Waals surface area contributed by atoms with Crippen molar-refractivity contribution in [1.82, 2.24) is 20.2 Å². The lowest BCUT2D eigenvalue weighted by molar-refractivity contribution is 0.192. The quantitative estimate of drug-likeness (QED) is 0.581. The fourth-order valence-electron chi connectivity index (χ4n) is 3.93. The molecule has 1 fully saturated rings. The lowest BCUT2D eigenvalue weighted by atomic mass is 10.0. The first-order valence-corrected chi connectivity index (χ1v) is 11.5. The minimum Gasteiger partial charge on any atom is -0.322 e. The summed E-state index contributed by atoms with van der Waals surface area (Å²) < 4.78 is 0. The molecule has 4 rings (SSSR count). The largest absolute Gasteiger partial charge is 0.323 e. The smallest absolute Gasteiger partial charge is 0.322 e. The molecule has 8 heteroatoms. The zero-order valence-corrected chi connectivity index (χ0v) is 19.7. The van der Waals surface area contributed by atoms with Gasteiger partial charge in [-0.05, 0) is 50.1 Å². The van der Waals surface area contributed by atoms with Crippen molar-refractivity contribution in [3.05, 3.63) is 53.3 Å². The van der Waals surface area contributed by atoms with Crippen LogP contribution in [-0.2, 0) is 0 Å². The van der Waals surface area contributed by atoms with Gasteiger partial charge in [-0.2, -0.15) is 0 Å². The Balaban J connectivity index is 1.73. The van der Waals surface area contributed by atoms with Crippen molar-refractivity contribution in [2.45, 2.75) is 26.8 Å². The van der Waals surface area contributed by atoms with Gasteiger partial charge in [-0.25, -0.2) is 9.78 Å². The van der Waals surface area contributed by atoms with Crippen LogP contribution >= 0.6 is 11.3 Å². The molecule has 0 bridgehead atoms. The van der Waals surface area contributed by atoms with Gasteiger partial charge in [0.05, 0.1) is 10.6 Å². The molecule has 0 saturated carbocycles. The van der Waals surface area contributed by atoms with E-state index in [0.717, 1.165) is 45.2 Å². The summed E-state index contributed by atoms with van der Waals surface area (Å²) in [6.07, 6.45) is 1.82. The van der Waals surface area contributed by atoms with Crippen molar-refractivity contribution >= 4 is 28.7 Å². The lowest BCUT2D eigenvalue weighted by Gasteiger charge is -2.31. The summed E-state index contributed by atoms with van der Waals surface area (Å²) in [6, 6.07) is 12.4. The highest BCUT2D eigenvalue weighted by atomic mass is 32.1. The van der Waals surface area contributed by atoms with Crippen LogP contribution in [0.5, 0.6) is 0 Å². The highest BCUT2D eigenvalue weighted by molar-refractivity contribution is 7.19. The van der Waals surface area contributed by atoms with Gasteiger partial charge in [-0.3, -0.25) is 15.3 Å². The van der Waals surface area contributed by atoms with Gasteiger partial charge in [-0.1, -0.05) is 29.5 Å². The molecule has 1 atom stereocenters. The van der Waals surface area contributed by atoms with E-state index in [1.54, 1.807) is 7.05 Å². The van der Waals surface area contributed by atoms with Crippen LogP contribution in [0.15, 0.2) is 41.4 Å². The number of anilines is 1. The first-order chi connectivity index (χ1) is 15.4. The molecule has 0 spiro atoms. The molecule has 32 heavy (non-hydrogen) atoms. The number of nitrogens with zero attached hydrogens (tertiary/aromatic N) is 4. The molecule has 0 radical (unpaired) electrons. The Bertz CT molecular complexity index is 1130. The van der Waals surface area contributed by atoms with E-state index in [-0.39, 0.29) is 12.1 Å². The minimum atomic E-state index is -0.112. The SMILES string of the molecule is C/N=C\c1cccc(-c2nc(NC(=O)N3CCN[C@H](C)C3)sc2-c2cc(C)nc(C)c2)c1. The Morgan fingerprint density at radius 3 is 2.72 bits per heavy atom. The van der Waals surface area contributed by atoms with E-state index in [2.05, 4.69) is 45.7 Å². The van der Waals surface area contributed by atoms with E-state index in [1.807, 2.05) is 43.2 Å². The third kappa shape index (κ3) is 5.03. The molecule has 7 nitrogen and oxygen atoms in total. The van der Waals surface area contributed by atoms with Crippen LogP contribution in [0, 0.1) is 13.8 Å². The number of piperazine rings is 1. The number of rotatable bonds is 4. The average Bonchev–Trinajstić information content (AvgIpc) is 3.17. The van der Waals surface area contributed by atoms with Crippen molar-refractivity contribution in [3.63, 3.8) is 0 Å². The number of urea groups is 1. The molecule has 1 saturated heterocycles. The van der Waals surface area contributed by atoms with Crippen molar-refractivity contribution in [2.24, 2.45) is 4.99 Å². The highest BCUT2D eigenvalue weighted by Gasteiger charge is 2.23. The highest BCUT2D eigenvalue weighted by Crippen LogP contribution is 2.39. The van der Waals surface area contributed by atoms with Crippen molar-refractivity contribution in [1.29, 1.82) is 0 Å². The number of aryl methyl sites for hydroxylation is 2. The first-order valence-electron chi connectivity index (χ1n) is 10.7. The van der Waals surface area contributed by atoms with Gasteiger partial charge in [0.2, 0.25) is 0 Å². The maximum Gasteiger partial charge on any atom is 0.323 e. The first kappa shape index (κ1) is 22.1. The van der Waals surface area contributed by atoms with Crippen LogP contribution in [0.1, 0.15) is 23.9 Å². The summed E-state index contributed by atoms with van der Waals surface area (Å²) in [5.74, 6) is 0. The second kappa shape index (κ2) is 9.58.